The maximum absolute atomic E-state index is 12.1. The average Bonchev–Trinajstić information content (AvgIpc) is 2.50. The lowest BCUT2D eigenvalue weighted by atomic mass is 9.89. The van der Waals surface area contributed by atoms with E-state index in [1.165, 1.54) is 13.0 Å². The number of primary amides is 1. The zero-order chi connectivity index (χ0) is 17.7. The molecule has 5 atom stereocenters. The van der Waals surface area contributed by atoms with Crippen LogP contribution in [-0.2, 0) is 14.4 Å². The van der Waals surface area contributed by atoms with Gasteiger partial charge in [0.1, 0.15) is 12.1 Å². The lowest BCUT2D eigenvalue weighted by molar-refractivity contribution is -0.126. The number of rotatable bonds is 6. The van der Waals surface area contributed by atoms with Gasteiger partial charge in [-0.25, -0.2) is 0 Å². The number of carbonyl (C=O) groups is 3. The molecule has 0 spiro atoms. The topological polar surface area (TPSA) is 154 Å². The van der Waals surface area contributed by atoms with Gasteiger partial charge in [0.25, 0.3) is 0 Å². The first-order valence-corrected chi connectivity index (χ1v) is 7.32. The Morgan fingerprint density at radius 1 is 1.26 bits per heavy atom. The Labute approximate surface area is 134 Å². The average molecular weight is 328 g/mol. The van der Waals surface area contributed by atoms with Crippen molar-refractivity contribution < 1.29 is 24.6 Å². The van der Waals surface area contributed by atoms with Gasteiger partial charge in [-0.15, -0.1) is 0 Å². The molecule has 1 aliphatic rings. The molecule has 0 aliphatic heterocycles. The van der Waals surface area contributed by atoms with E-state index in [-0.39, 0.29) is 17.9 Å². The van der Waals surface area contributed by atoms with Crippen molar-refractivity contribution in [2.75, 3.05) is 7.05 Å². The molecule has 0 fully saturated rings. The molecule has 7 N–H and O–H groups in total. The van der Waals surface area contributed by atoms with Crippen LogP contribution < -0.4 is 21.7 Å². The number of aliphatic hydroxyl groups excluding tert-OH is 2. The minimum absolute atomic E-state index is 0.0908. The fourth-order valence-corrected chi connectivity index (χ4v) is 2.05. The van der Waals surface area contributed by atoms with Gasteiger partial charge in [-0.3, -0.25) is 14.4 Å². The minimum Gasteiger partial charge on any atom is -0.390 e. The van der Waals surface area contributed by atoms with Crippen molar-refractivity contribution >= 4 is 17.7 Å². The van der Waals surface area contributed by atoms with Crippen molar-refractivity contribution in [3.8, 4) is 0 Å². The van der Waals surface area contributed by atoms with Gasteiger partial charge < -0.3 is 31.9 Å². The number of nitrogens with two attached hydrogens (primary N) is 1. The van der Waals surface area contributed by atoms with Crippen LogP contribution in [0.5, 0.6) is 0 Å². The van der Waals surface area contributed by atoms with E-state index in [1.54, 1.807) is 14.0 Å². The number of carbonyl (C=O) groups excluding carboxylic acids is 3. The van der Waals surface area contributed by atoms with Crippen LogP contribution in [0.15, 0.2) is 11.6 Å². The van der Waals surface area contributed by atoms with Crippen LogP contribution in [0.2, 0.25) is 0 Å². The molecular formula is C14H24N4O5. The maximum atomic E-state index is 12.1. The van der Waals surface area contributed by atoms with E-state index in [9.17, 15) is 24.6 Å². The van der Waals surface area contributed by atoms with Crippen molar-refractivity contribution in [1.29, 1.82) is 0 Å². The van der Waals surface area contributed by atoms with Gasteiger partial charge in [0.15, 0.2) is 0 Å². The van der Waals surface area contributed by atoms with Crippen LogP contribution in [-0.4, -0.2) is 65.3 Å². The second-order valence-electron chi connectivity index (χ2n) is 5.60. The Morgan fingerprint density at radius 3 is 2.39 bits per heavy atom. The van der Waals surface area contributed by atoms with E-state index in [0.717, 1.165) is 0 Å². The molecule has 23 heavy (non-hydrogen) atoms. The molecule has 130 valence electrons. The molecule has 3 amide bonds. The Balaban J connectivity index is 2.87. The predicted octanol–water partition coefficient (Wildman–Crippen LogP) is -2.88. The Hall–Kier alpha value is -1.97. The molecule has 0 saturated carbocycles. The van der Waals surface area contributed by atoms with Gasteiger partial charge in [0, 0.05) is 12.0 Å². The zero-order valence-corrected chi connectivity index (χ0v) is 13.4. The van der Waals surface area contributed by atoms with Gasteiger partial charge in [0.05, 0.1) is 18.2 Å². The molecule has 0 radical (unpaired) electrons. The first kappa shape index (κ1) is 19.1. The third-order valence-corrected chi connectivity index (χ3v) is 3.77. The molecule has 0 aromatic heterocycles. The minimum atomic E-state index is -1.23. The highest BCUT2D eigenvalue weighted by Gasteiger charge is 2.34. The third-order valence-electron chi connectivity index (χ3n) is 3.77. The van der Waals surface area contributed by atoms with Gasteiger partial charge in [0.2, 0.25) is 17.7 Å². The van der Waals surface area contributed by atoms with E-state index in [4.69, 9.17) is 5.73 Å². The summed E-state index contributed by atoms with van der Waals surface area (Å²) in [6.07, 6.45) is -1.15. The van der Waals surface area contributed by atoms with Crippen molar-refractivity contribution in [1.82, 2.24) is 16.0 Å². The van der Waals surface area contributed by atoms with Crippen LogP contribution in [0.4, 0.5) is 0 Å². The highest BCUT2D eigenvalue weighted by Crippen LogP contribution is 2.20. The van der Waals surface area contributed by atoms with Crippen molar-refractivity contribution in [3.05, 3.63) is 11.6 Å². The highest BCUT2D eigenvalue weighted by molar-refractivity contribution is 5.97. The summed E-state index contributed by atoms with van der Waals surface area (Å²) in [4.78, 5) is 34.9. The van der Waals surface area contributed by atoms with E-state index in [2.05, 4.69) is 16.0 Å². The Kier molecular flexibility index (Phi) is 6.67. The fourth-order valence-electron chi connectivity index (χ4n) is 2.05. The molecule has 9 heteroatoms. The summed E-state index contributed by atoms with van der Waals surface area (Å²) in [6.45, 7) is 3.07. The van der Waals surface area contributed by atoms with E-state index in [1.807, 2.05) is 0 Å². The number of likely N-dealkylation sites (N-methyl/N-ethyl adjacent to an activating group) is 1. The first-order valence-electron chi connectivity index (χ1n) is 7.32. The van der Waals surface area contributed by atoms with Crippen LogP contribution in [0.25, 0.3) is 0 Å². The quantitative estimate of drug-likeness (QED) is 0.308. The summed E-state index contributed by atoms with van der Waals surface area (Å²) >= 11 is 0. The molecule has 0 aromatic rings. The standard InChI is InChI=1S/C14H24N4O5/c1-6(12(15)21)17-14(23)8-4-9(11(20)10(19)5-8)18-13(22)7(2)16-3/h4,6-7,9-11,16,19-20H,5H2,1-3H3,(H2,15,21)(H,17,23)(H,18,22)/t6-,7+,9-,10-,11-/m1/s1. The number of hydrogen-bond donors (Lipinski definition) is 6. The molecule has 0 heterocycles. The van der Waals surface area contributed by atoms with Crippen LogP contribution in [0, 0.1) is 0 Å². The van der Waals surface area contributed by atoms with Crippen molar-refractivity contribution in [2.24, 2.45) is 5.73 Å². The Bertz CT molecular complexity index is 507. The van der Waals surface area contributed by atoms with Gasteiger partial charge in [-0.05, 0) is 20.9 Å². The van der Waals surface area contributed by atoms with E-state index < -0.39 is 42.1 Å². The molecule has 1 aliphatic carbocycles. The van der Waals surface area contributed by atoms with Crippen molar-refractivity contribution in [3.63, 3.8) is 0 Å². The molecular weight excluding hydrogens is 304 g/mol. The highest BCUT2D eigenvalue weighted by atomic mass is 16.3. The van der Waals surface area contributed by atoms with E-state index in [0.29, 0.717) is 0 Å². The summed E-state index contributed by atoms with van der Waals surface area (Å²) in [6, 6.07) is -2.28. The lowest BCUT2D eigenvalue weighted by Crippen LogP contribution is -2.54. The molecule has 0 unspecified atom stereocenters. The predicted molar refractivity (Wildman–Crippen MR) is 82.0 cm³/mol. The second kappa shape index (κ2) is 8.04. The van der Waals surface area contributed by atoms with Gasteiger partial charge >= 0.3 is 0 Å². The Morgan fingerprint density at radius 2 is 1.87 bits per heavy atom. The molecule has 0 aromatic carbocycles. The van der Waals surface area contributed by atoms with Crippen molar-refractivity contribution in [2.45, 2.75) is 50.6 Å². The number of hydrogen-bond acceptors (Lipinski definition) is 6. The van der Waals surface area contributed by atoms with Crippen LogP contribution in [0.1, 0.15) is 20.3 Å². The largest absolute Gasteiger partial charge is 0.390 e. The number of nitrogens with one attached hydrogen (secondary N) is 3. The number of amides is 3. The van der Waals surface area contributed by atoms with Crippen LogP contribution in [0.3, 0.4) is 0 Å². The molecule has 1 rings (SSSR count). The third kappa shape index (κ3) is 5.02. The lowest BCUT2D eigenvalue weighted by Gasteiger charge is -2.31. The van der Waals surface area contributed by atoms with Crippen LogP contribution >= 0.6 is 0 Å². The monoisotopic (exact) mass is 328 g/mol. The summed E-state index contributed by atoms with van der Waals surface area (Å²) in [5.74, 6) is -1.65. The molecule has 9 nitrogen and oxygen atoms in total. The number of aliphatic hydroxyl groups is 2. The molecule has 0 saturated heterocycles. The summed E-state index contributed by atoms with van der Waals surface area (Å²) in [7, 11) is 1.61. The summed E-state index contributed by atoms with van der Waals surface area (Å²) < 4.78 is 0. The normalized spacial score (nSPS) is 26.7. The fraction of sp³-hybridized carbons (Fsp3) is 0.643. The van der Waals surface area contributed by atoms with Gasteiger partial charge in [-0.2, -0.15) is 0 Å². The SMILES string of the molecule is CN[C@@H](C)C(=O)N[C@@H]1C=C(C(=O)N[C@H](C)C(N)=O)C[C@@H](O)[C@@H]1O. The summed E-state index contributed by atoms with van der Waals surface area (Å²) in [5.41, 5.74) is 5.24. The smallest absolute Gasteiger partial charge is 0.247 e. The summed E-state index contributed by atoms with van der Waals surface area (Å²) in [5, 5.41) is 27.6. The zero-order valence-electron chi connectivity index (χ0n) is 13.4. The van der Waals surface area contributed by atoms with E-state index >= 15 is 0 Å². The maximum Gasteiger partial charge on any atom is 0.247 e. The first-order chi connectivity index (χ1) is 10.7. The molecule has 0 bridgehead atoms. The second-order valence-corrected chi connectivity index (χ2v) is 5.60. The van der Waals surface area contributed by atoms with Gasteiger partial charge in [-0.1, -0.05) is 6.08 Å².